The zero-order chi connectivity index (χ0) is 37.3. The van der Waals surface area contributed by atoms with Crippen LogP contribution in [-0.2, 0) is 11.2 Å². The minimum atomic E-state index is -0.808. The number of aryl methyl sites for hydroxylation is 3. The monoisotopic (exact) mass is 690 g/mol. The number of rotatable bonds is 7. The van der Waals surface area contributed by atoms with Crippen LogP contribution in [0.5, 0.6) is 0 Å². The van der Waals surface area contributed by atoms with Crippen LogP contribution in [-0.4, -0.2) is 37.7 Å². The number of thiazole rings is 1. The number of hydrogen-bond donors (Lipinski definition) is 0. The van der Waals surface area contributed by atoms with E-state index < -0.39 is 6.17 Å². The predicted octanol–water partition coefficient (Wildman–Crippen LogP) is 11.2. The first-order valence-corrected chi connectivity index (χ1v) is 18.3. The standard InChI is InChI=1S/C10H13NO.C10H15N.C9H13N.C7H11NS.C5H7FO/c1-7(2)10-6-9(8(3)12)4-5-11-10;1-4-9-5-6-10(8(2)3)11-7-9;1-7(2)9-6-4-5-8(3)10-9;1-5(2)7-8-6(3)4-9-7;1-3(7)4-2-5(4)6/h4-7H,1-3H3;5-8H,4H2,1-3H3;4-7H,1-3H3;4-5H,1-3H3;4-5H,2H2,1H3. The van der Waals surface area contributed by atoms with E-state index in [-0.39, 0.29) is 17.5 Å². The van der Waals surface area contributed by atoms with Gasteiger partial charge < -0.3 is 0 Å². The summed E-state index contributed by atoms with van der Waals surface area (Å²) in [6.07, 6.45) is 4.39. The summed E-state index contributed by atoms with van der Waals surface area (Å²) >= 11 is 1.75. The van der Waals surface area contributed by atoms with Crippen molar-refractivity contribution in [2.24, 2.45) is 5.92 Å². The first-order valence-electron chi connectivity index (χ1n) is 17.4. The number of hydrogen-bond acceptors (Lipinski definition) is 7. The number of aromatic nitrogens is 4. The van der Waals surface area contributed by atoms with Crippen molar-refractivity contribution >= 4 is 22.9 Å². The Hall–Kier alpha value is -3.65. The fourth-order valence-corrected chi connectivity index (χ4v) is 4.89. The first-order chi connectivity index (χ1) is 23.0. The van der Waals surface area contributed by atoms with E-state index in [4.69, 9.17) is 0 Å². The second-order valence-corrected chi connectivity index (χ2v) is 14.5. The average molecular weight is 691 g/mol. The zero-order valence-electron chi connectivity index (χ0n) is 32.0. The molecule has 0 amide bonds. The fraction of sp³-hybridized carbons (Fsp3) is 0.512. The topological polar surface area (TPSA) is 85.7 Å². The Bertz CT molecular complexity index is 1550. The van der Waals surface area contributed by atoms with Crippen molar-refractivity contribution < 1.29 is 14.0 Å². The first kappa shape index (κ1) is 43.4. The molecule has 1 saturated carbocycles. The summed E-state index contributed by atoms with van der Waals surface area (Å²) in [5.41, 5.74) is 7.64. The van der Waals surface area contributed by atoms with Crippen LogP contribution in [0.4, 0.5) is 4.39 Å². The van der Waals surface area contributed by atoms with Gasteiger partial charge in [-0.05, 0) is 94.2 Å². The molecule has 0 radical (unpaired) electrons. The number of ketones is 2. The summed E-state index contributed by atoms with van der Waals surface area (Å²) in [6, 6.07) is 14.0. The zero-order valence-corrected chi connectivity index (χ0v) is 32.9. The Labute approximate surface area is 299 Å². The Morgan fingerprint density at radius 3 is 1.73 bits per heavy atom. The number of carbonyl (C=O) groups excluding carboxylic acids is 2. The maximum atomic E-state index is 11.8. The van der Waals surface area contributed by atoms with Gasteiger partial charge >= 0.3 is 0 Å². The van der Waals surface area contributed by atoms with E-state index in [1.165, 1.54) is 28.9 Å². The minimum Gasteiger partial charge on any atom is -0.300 e. The average Bonchev–Trinajstić information content (AvgIpc) is 3.65. The molecule has 0 N–H and O–H groups in total. The smallest absolute Gasteiger partial charge is 0.159 e. The maximum absolute atomic E-state index is 11.8. The van der Waals surface area contributed by atoms with E-state index in [0.29, 0.717) is 30.1 Å². The van der Waals surface area contributed by atoms with E-state index in [1.54, 1.807) is 30.5 Å². The van der Waals surface area contributed by atoms with Gasteiger partial charge in [0, 0.05) is 57.7 Å². The van der Waals surface area contributed by atoms with Crippen LogP contribution >= 0.6 is 11.3 Å². The fourth-order valence-electron chi connectivity index (χ4n) is 4.08. The largest absolute Gasteiger partial charge is 0.300 e. The lowest BCUT2D eigenvalue weighted by molar-refractivity contribution is -0.118. The normalized spacial score (nSPS) is 14.4. The SMILES string of the molecule is CC(=O)C1CC1F.CC(=O)c1ccnc(C(C)C)c1.CCc1ccc(C(C)C)nc1.Cc1cccc(C(C)C)n1.Cc1csc(C(C)C)n1. The van der Waals surface area contributed by atoms with Crippen molar-refractivity contribution in [1.82, 2.24) is 19.9 Å². The van der Waals surface area contributed by atoms with Gasteiger partial charge in [-0.3, -0.25) is 24.5 Å². The quantitative estimate of drug-likeness (QED) is 0.179. The van der Waals surface area contributed by atoms with Gasteiger partial charge in [0.25, 0.3) is 0 Å². The number of nitrogens with zero attached hydrogens (tertiary/aromatic N) is 4. The highest BCUT2D eigenvalue weighted by atomic mass is 32.1. The molecule has 1 aliphatic rings. The Morgan fingerprint density at radius 1 is 0.796 bits per heavy atom. The van der Waals surface area contributed by atoms with Gasteiger partial charge in [0.15, 0.2) is 5.78 Å². The van der Waals surface area contributed by atoms with Crippen molar-refractivity contribution in [3.05, 3.63) is 105 Å². The van der Waals surface area contributed by atoms with Gasteiger partial charge in [-0.1, -0.05) is 74.4 Å². The van der Waals surface area contributed by atoms with E-state index in [9.17, 15) is 14.0 Å². The number of halogens is 1. The van der Waals surface area contributed by atoms with Crippen molar-refractivity contribution in [2.75, 3.05) is 0 Å². The van der Waals surface area contributed by atoms with E-state index in [1.807, 2.05) is 32.2 Å². The lowest BCUT2D eigenvalue weighted by Gasteiger charge is -2.04. The highest BCUT2D eigenvalue weighted by Crippen LogP contribution is 2.34. The molecule has 2 unspecified atom stereocenters. The van der Waals surface area contributed by atoms with Crippen molar-refractivity contribution in [3.8, 4) is 0 Å². The molecular formula is C41H59FN4O2S. The van der Waals surface area contributed by atoms with E-state index in [0.717, 1.165) is 29.1 Å². The summed E-state index contributed by atoms with van der Waals surface area (Å²) in [5, 5.41) is 3.34. The molecule has 0 bridgehead atoms. The van der Waals surface area contributed by atoms with Crippen LogP contribution in [0.3, 0.4) is 0 Å². The molecule has 8 heteroatoms. The number of alkyl halides is 1. The lowest BCUT2D eigenvalue weighted by atomic mass is 10.1. The molecule has 0 spiro atoms. The molecule has 0 saturated heterocycles. The molecule has 268 valence electrons. The van der Waals surface area contributed by atoms with Crippen molar-refractivity contribution in [3.63, 3.8) is 0 Å². The molecular weight excluding hydrogens is 632 g/mol. The summed E-state index contributed by atoms with van der Waals surface area (Å²) in [4.78, 5) is 38.4. The Balaban J connectivity index is 0.000000309. The second kappa shape index (κ2) is 22.1. The number of carbonyl (C=O) groups is 2. The molecule has 0 aliphatic heterocycles. The second-order valence-electron chi connectivity index (χ2n) is 13.6. The van der Waals surface area contributed by atoms with Gasteiger partial charge in [-0.15, -0.1) is 11.3 Å². The molecule has 0 aromatic carbocycles. The van der Waals surface area contributed by atoms with Crippen LogP contribution in [0.1, 0.15) is 156 Å². The molecule has 4 aromatic heterocycles. The Morgan fingerprint density at radius 2 is 1.41 bits per heavy atom. The van der Waals surface area contributed by atoms with Crippen LogP contribution in [0, 0.1) is 19.8 Å². The molecule has 5 rings (SSSR count). The van der Waals surface area contributed by atoms with Crippen molar-refractivity contribution in [2.45, 2.75) is 133 Å². The molecule has 4 aromatic rings. The highest BCUT2D eigenvalue weighted by Gasteiger charge is 2.40. The van der Waals surface area contributed by atoms with Crippen molar-refractivity contribution in [1.29, 1.82) is 0 Å². The number of Topliss-reactive ketones (excluding diaryl/α,β-unsaturated/α-hetero) is 2. The van der Waals surface area contributed by atoms with Crippen LogP contribution in [0.2, 0.25) is 0 Å². The minimum absolute atomic E-state index is 0.00694. The molecule has 4 heterocycles. The third-order valence-electron chi connectivity index (χ3n) is 7.49. The predicted molar refractivity (Wildman–Crippen MR) is 204 cm³/mol. The molecule has 6 nitrogen and oxygen atoms in total. The van der Waals surface area contributed by atoms with Gasteiger partial charge in [0.1, 0.15) is 12.0 Å². The third kappa shape index (κ3) is 17.5. The van der Waals surface area contributed by atoms with Gasteiger partial charge in [0.05, 0.1) is 10.9 Å². The molecule has 2 atom stereocenters. The van der Waals surface area contributed by atoms with E-state index in [2.05, 4.69) is 112 Å². The van der Waals surface area contributed by atoms with Crippen LogP contribution < -0.4 is 0 Å². The van der Waals surface area contributed by atoms with Crippen LogP contribution in [0.15, 0.2) is 60.2 Å². The van der Waals surface area contributed by atoms with E-state index >= 15 is 0 Å². The Kier molecular flexibility index (Phi) is 19.6. The molecule has 49 heavy (non-hydrogen) atoms. The van der Waals surface area contributed by atoms with Gasteiger partial charge in [0.2, 0.25) is 0 Å². The van der Waals surface area contributed by atoms with Gasteiger partial charge in [-0.25, -0.2) is 9.37 Å². The van der Waals surface area contributed by atoms with Crippen LogP contribution in [0.25, 0.3) is 0 Å². The van der Waals surface area contributed by atoms with Gasteiger partial charge in [-0.2, -0.15) is 0 Å². The molecule has 1 fully saturated rings. The molecule has 1 aliphatic carbocycles. The summed E-state index contributed by atoms with van der Waals surface area (Å²) in [5.74, 6) is 1.90. The third-order valence-corrected chi connectivity index (χ3v) is 8.76. The maximum Gasteiger partial charge on any atom is 0.159 e. The lowest BCUT2D eigenvalue weighted by Crippen LogP contribution is -1.97. The highest BCUT2D eigenvalue weighted by molar-refractivity contribution is 7.09. The number of pyridine rings is 3. The summed E-state index contributed by atoms with van der Waals surface area (Å²) < 4.78 is 11.8. The summed E-state index contributed by atoms with van der Waals surface area (Å²) in [6.45, 7) is 26.3. The summed E-state index contributed by atoms with van der Waals surface area (Å²) in [7, 11) is 0.